The molecule has 1 aromatic carbocycles. The van der Waals surface area contributed by atoms with Crippen molar-refractivity contribution in [3.63, 3.8) is 0 Å². The molecule has 4 rings (SSSR count). The summed E-state index contributed by atoms with van der Waals surface area (Å²) in [7, 11) is 3.18. The molecule has 0 radical (unpaired) electrons. The number of nitro benzene ring substituents is 1. The highest BCUT2D eigenvalue weighted by Crippen LogP contribution is 2.59. The van der Waals surface area contributed by atoms with Crippen molar-refractivity contribution in [3.05, 3.63) is 27.8 Å². The Hall–Kier alpha value is -2.56. The van der Waals surface area contributed by atoms with Gasteiger partial charge in [-0.1, -0.05) is 0 Å². The molecular weight excluding hydrogens is 429 g/mol. The van der Waals surface area contributed by atoms with Gasteiger partial charge in [0.25, 0.3) is 11.6 Å². The summed E-state index contributed by atoms with van der Waals surface area (Å²) in [4.78, 5) is 26.0. The van der Waals surface area contributed by atoms with Gasteiger partial charge in [0.15, 0.2) is 0 Å². The van der Waals surface area contributed by atoms with E-state index < -0.39 is 22.9 Å². The fourth-order valence-corrected chi connectivity index (χ4v) is 5.02. The number of nitrogens with zero attached hydrogens (tertiary/aromatic N) is 2. The molecular formula is C21H27F3N4O4. The molecule has 1 aliphatic heterocycles. The second-order valence-corrected chi connectivity index (χ2v) is 9.06. The molecule has 1 aromatic rings. The van der Waals surface area contributed by atoms with E-state index in [0.717, 1.165) is 0 Å². The van der Waals surface area contributed by atoms with Crippen LogP contribution in [0.15, 0.2) is 12.1 Å². The van der Waals surface area contributed by atoms with Crippen LogP contribution in [0, 0.1) is 21.4 Å². The van der Waals surface area contributed by atoms with E-state index in [-0.39, 0.29) is 41.7 Å². The maximum Gasteiger partial charge on any atom is 0.391 e. The summed E-state index contributed by atoms with van der Waals surface area (Å²) in [6.07, 6.45) is -2.49. The number of halogens is 3. The highest BCUT2D eigenvalue weighted by Gasteiger charge is 2.58. The van der Waals surface area contributed by atoms with Gasteiger partial charge in [-0.2, -0.15) is 13.2 Å². The first-order chi connectivity index (χ1) is 15.1. The maximum atomic E-state index is 13.1. The van der Waals surface area contributed by atoms with Crippen molar-refractivity contribution >= 4 is 23.0 Å². The first kappa shape index (κ1) is 22.6. The monoisotopic (exact) mass is 456 g/mol. The van der Waals surface area contributed by atoms with Gasteiger partial charge in [-0.05, 0) is 43.6 Å². The van der Waals surface area contributed by atoms with Crippen LogP contribution in [0.25, 0.3) is 0 Å². The molecule has 2 N–H and O–H groups in total. The van der Waals surface area contributed by atoms with Crippen molar-refractivity contribution < 1.29 is 27.6 Å². The summed E-state index contributed by atoms with van der Waals surface area (Å²) >= 11 is 0. The van der Waals surface area contributed by atoms with Gasteiger partial charge in [-0.15, -0.1) is 0 Å². The van der Waals surface area contributed by atoms with Crippen molar-refractivity contribution in [3.8, 4) is 0 Å². The van der Waals surface area contributed by atoms with Gasteiger partial charge >= 0.3 is 6.18 Å². The van der Waals surface area contributed by atoms with E-state index >= 15 is 0 Å². The van der Waals surface area contributed by atoms with Gasteiger partial charge in [0, 0.05) is 39.4 Å². The molecule has 176 valence electrons. The standard InChI is InChI=1S/C21H27F3N4O4/c1-25-15-8-16(27-10-13(11-27)32-2)14(7-17(15)28(30)31)19(29)26-18-9-20(18)5-3-12(4-6-20)21(22,23)24/h7-8,12-13,18,25H,3-6,9-11H2,1-2H3,(H,26,29)/t12?,18-,20?/m1/s1. The normalized spacial score (nSPS) is 27.7. The van der Waals surface area contributed by atoms with Crippen molar-refractivity contribution in [2.75, 3.05) is 37.5 Å². The van der Waals surface area contributed by atoms with Crippen molar-refractivity contribution in [2.24, 2.45) is 11.3 Å². The fourth-order valence-electron chi connectivity index (χ4n) is 5.02. The topological polar surface area (TPSA) is 96.7 Å². The lowest BCUT2D eigenvalue weighted by Crippen LogP contribution is -2.52. The largest absolute Gasteiger partial charge is 0.391 e. The summed E-state index contributed by atoms with van der Waals surface area (Å²) in [5, 5.41) is 17.3. The zero-order valence-electron chi connectivity index (χ0n) is 18.0. The summed E-state index contributed by atoms with van der Waals surface area (Å²) in [5.74, 6) is -1.71. The Labute approximate surface area is 183 Å². The molecule has 11 heteroatoms. The van der Waals surface area contributed by atoms with Crippen LogP contribution in [0.1, 0.15) is 42.5 Å². The zero-order valence-corrected chi connectivity index (χ0v) is 18.0. The molecule has 0 aromatic heterocycles. The molecule has 1 atom stereocenters. The average molecular weight is 456 g/mol. The number of carbonyl (C=O) groups is 1. The van der Waals surface area contributed by atoms with Crippen LogP contribution in [0.4, 0.5) is 30.2 Å². The number of hydrogen-bond donors (Lipinski definition) is 2. The number of ether oxygens (including phenoxy) is 1. The van der Waals surface area contributed by atoms with E-state index in [1.165, 1.54) is 6.07 Å². The van der Waals surface area contributed by atoms with Crippen LogP contribution in [-0.4, -0.2) is 56.4 Å². The summed E-state index contributed by atoms with van der Waals surface area (Å²) in [6.45, 7) is 1.12. The van der Waals surface area contributed by atoms with Gasteiger partial charge in [0.05, 0.1) is 28.2 Å². The third kappa shape index (κ3) is 4.10. The number of methoxy groups -OCH3 is 1. The van der Waals surface area contributed by atoms with Crippen LogP contribution >= 0.6 is 0 Å². The van der Waals surface area contributed by atoms with Crippen molar-refractivity contribution in [1.29, 1.82) is 0 Å². The van der Waals surface area contributed by atoms with Gasteiger partial charge in [-0.25, -0.2) is 0 Å². The van der Waals surface area contributed by atoms with E-state index in [9.17, 15) is 28.1 Å². The van der Waals surface area contributed by atoms with Crippen molar-refractivity contribution in [1.82, 2.24) is 5.32 Å². The van der Waals surface area contributed by atoms with Crippen molar-refractivity contribution in [2.45, 2.75) is 50.4 Å². The van der Waals surface area contributed by atoms with E-state index in [0.29, 0.717) is 43.7 Å². The summed E-state index contributed by atoms with van der Waals surface area (Å²) in [5.41, 5.74) is 0.571. The number of rotatable bonds is 6. The quantitative estimate of drug-likeness (QED) is 0.500. The fraction of sp³-hybridized carbons (Fsp3) is 0.667. The molecule has 0 bridgehead atoms. The van der Waals surface area contributed by atoms with E-state index in [1.54, 1.807) is 20.2 Å². The molecule has 1 amide bonds. The Bertz CT molecular complexity index is 909. The number of nitro groups is 1. The second kappa shape index (κ2) is 8.09. The molecule has 32 heavy (non-hydrogen) atoms. The molecule has 0 unspecified atom stereocenters. The molecule has 2 saturated carbocycles. The Kier molecular flexibility index (Phi) is 5.72. The predicted molar refractivity (Wildman–Crippen MR) is 112 cm³/mol. The van der Waals surface area contributed by atoms with Gasteiger partial charge in [0.1, 0.15) is 5.69 Å². The lowest BCUT2D eigenvalue weighted by molar-refractivity contribution is -0.384. The number of alkyl halides is 3. The summed E-state index contributed by atoms with van der Waals surface area (Å²) < 4.78 is 44.2. The van der Waals surface area contributed by atoms with Gasteiger partial charge in [0.2, 0.25) is 0 Å². The Morgan fingerprint density at radius 3 is 2.47 bits per heavy atom. The van der Waals surface area contributed by atoms with Crippen LogP contribution < -0.4 is 15.5 Å². The Morgan fingerprint density at radius 2 is 1.94 bits per heavy atom. The number of anilines is 2. The highest BCUT2D eigenvalue weighted by atomic mass is 19.4. The van der Waals surface area contributed by atoms with Gasteiger partial charge < -0.3 is 20.3 Å². The minimum atomic E-state index is -4.17. The number of carbonyl (C=O) groups excluding carboxylic acids is 1. The van der Waals surface area contributed by atoms with Crippen LogP contribution in [0.5, 0.6) is 0 Å². The molecule has 1 spiro atoms. The van der Waals surface area contributed by atoms with E-state index in [2.05, 4.69) is 10.6 Å². The summed E-state index contributed by atoms with van der Waals surface area (Å²) in [6, 6.07) is 2.66. The number of benzene rings is 1. The maximum absolute atomic E-state index is 13.1. The highest BCUT2D eigenvalue weighted by molar-refractivity contribution is 6.02. The molecule has 2 aliphatic carbocycles. The third-order valence-corrected chi connectivity index (χ3v) is 7.29. The SMILES string of the molecule is CNc1cc(N2CC(OC)C2)c(C(=O)N[C@@H]2CC23CCC(C(F)(F)F)CC3)cc1[N+](=O)[O-]. The molecule has 1 heterocycles. The first-order valence-electron chi connectivity index (χ1n) is 10.7. The molecule has 1 saturated heterocycles. The number of nitrogens with one attached hydrogen (secondary N) is 2. The average Bonchev–Trinajstić information content (AvgIpc) is 3.36. The first-order valence-corrected chi connectivity index (χ1v) is 10.7. The smallest absolute Gasteiger partial charge is 0.383 e. The molecule has 3 aliphatic rings. The second-order valence-electron chi connectivity index (χ2n) is 9.06. The van der Waals surface area contributed by atoms with E-state index in [1.807, 2.05) is 4.90 Å². The molecule has 3 fully saturated rings. The predicted octanol–water partition coefficient (Wildman–Crippen LogP) is 3.71. The van der Waals surface area contributed by atoms with Crippen LogP contribution in [-0.2, 0) is 4.74 Å². The number of amides is 1. The van der Waals surface area contributed by atoms with E-state index in [4.69, 9.17) is 4.74 Å². The lowest BCUT2D eigenvalue weighted by Gasteiger charge is -2.40. The zero-order chi connectivity index (χ0) is 23.3. The number of hydrogen-bond acceptors (Lipinski definition) is 6. The van der Waals surface area contributed by atoms with Crippen LogP contribution in [0.3, 0.4) is 0 Å². The Morgan fingerprint density at radius 1 is 1.28 bits per heavy atom. The third-order valence-electron chi connectivity index (χ3n) is 7.29. The lowest BCUT2D eigenvalue weighted by atomic mass is 9.79. The van der Waals surface area contributed by atoms with Gasteiger partial charge in [-0.3, -0.25) is 14.9 Å². The molecule has 8 nitrogen and oxygen atoms in total. The van der Waals surface area contributed by atoms with Crippen LogP contribution in [0.2, 0.25) is 0 Å². The minimum absolute atomic E-state index is 0.0228. The minimum Gasteiger partial charge on any atom is -0.383 e. The Balaban J connectivity index is 1.51.